The molecule has 1 amide bonds. The van der Waals surface area contributed by atoms with E-state index in [-0.39, 0.29) is 0 Å². The lowest BCUT2D eigenvalue weighted by atomic mass is 10.5. The number of rotatable bonds is 7. The number of carbonyl (C=O) groups is 1. The molecule has 0 spiro atoms. The second-order valence-electron chi connectivity index (χ2n) is 3.26. The first-order chi connectivity index (χ1) is 7.51. The van der Waals surface area contributed by atoms with E-state index >= 15 is 0 Å². The van der Waals surface area contributed by atoms with Crippen molar-refractivity contribution in [2.45, 2.75) is 12.5 Å². The summed E-state index contributed by atoms with van der Waals surface area (Å²) in [6.45, 7) is 0.644. The molecule has 0 fully saturated rings. The molecule has 0 heterocycles. The van der Waals surface area contributed by atoms with Crippen molar-refractivity contribution in [3.8, 4) is 0 Å². The minimum atomic E-state index is -2.32. The molecule has 0 aliphatic carbocycles. The van der Waals surface area contributed by atoms with Crippen LogP contribution < -0.4 is 5.73 Å². The van der Waals surface area contributed by atoms with Crippen LogP contribution in [0.1, 0.15) is 6.42 Å². The van der Waals surface area contributed by atoms with E-state index in [4.69, 9.17) is 19.0 Å². The highest BCUT2D eigenvalue weighted by Crippen LogP contribution is 2.13. The van der Waals surface area contributed by atoms with Gasteiger partial charge in [-0.3, -0.25) is 4.79 Å². The van der Waals surface area contributed by atoms with Crippen LogP contribution in [0.2, 0.25) is 6.04 Å². The van der Waals surface area contributed by atoms with Crippen molar-refractivity contribution in [2.75, 3.05) is 42.0 Å². The molecule has 0 aliphatic rings. The zero-order chi connectivity index (χ0) is 13.0. The molecule has 0 radical (unpaired) electrons. The van der Waals surface area contributed by atoms with Crippen molar-refractivity contribution in [3.05, 3.63) is 0 Å². The highest BCUT2D eigenvalue weighted by molar-refractivity contribution is 6.60. The molecule has 7 heteroatoms. The first-order valence-electron chi connectivity index (χ1n) is 4.99. The molecule has 6 nitrogen and oxygen atoms in total. The molecule has 98 valence electrons. The summed E-state index contributed by atoms with van der Waals surface area (Å²) in [4.78, 5) is 10.9. The minimum Gasteiger partial charge on any atom is -0.377 e. The van der Waals surface area contributed by atoms with Crippen LogP contribution in [0.4, 0.5) is 0 Å². The molecule has 0 aliphatic heterocycles. The summed E-state index contributed by atoms with van der Waals surface area (Å²) < 4.78 is 15.5. The third kappa shape index (κ3) is 8.80. The van der Waals surface area contributed by atoms with Gasteiger partial charge in [0.05, 0.1) is 0 Å². The van der Waals surface area contributed by atoms with Crippen LogP contribution in [-0.4, -0.2) is 62.1 Å². The fraction of sp³-hybridized carbons (Fsp3) is 0.889. The standard InChI is InChI=1S/C6H17NO3Si.C3H7NO/c1-8-11(9-2,10-3)6-4-5-7;1-4(2)3-5/h4-7H2,1-3H3;3H,1-2H3. The molecule has 0 aromatic carbocycles. The number of hydrogen-bond donors (Lipinski definition) is 1. The number of nitrogens with zero attached hydrogens (tertiary/aromatic N) is 1. The predicted octanol–water partition coefficient (Wildman–Crippen LogP) is -0.0823. The predicted molar refractivity (Wildman–Crippen MR) is 65.0 cm³/mol. The van der Waals surface area contributed by atoms with Crippen molar-refractivity contribution >= 4 is 15.2 Å². The summed E-state index contributed by atoms with van der Waals surface area (Å²) in [6, 6.07) is 0.785. The van der Waals surface area contributed by atoms with Gasteiger partial charge in [0.2, 0.25) is 6.41 Å². The second-order valence-corrected chi connectivity index (χ2v) is 6.35. The third-order valence-electron chi connectivity index (χ3n) is 1.83. The van der Waals surface area contributed by atoms with Crippen molar-refractivity contribution in [1.29, 1.82) is 0 Å². The van der Waals surface area contributed by atoms with E-state index in [1.165, 1.54) is 4.90 Å². The monoisotopic (exact) mass is 252 g/mol. The smallest absolute Gasteiger partial charge is 0.377 e. The highest BCUT2D eigenvalue weighted by atomic mass is 28.4. The molecule has 0 atom stereocenters. The Bertz CT molecular complexity index is 157. The molecule has 0 saturated carbocycles. The third-order valence-corrected chi connectivity index (χ3v) is 4.66. The molecular formula is C9H24N2O4Si. The quantitative estimate of drug-likeness (QED) is 0.507. The largest absolute Gasteiger partial charge is 0.500 e. The van der Waals surface area contributed by atoms with Gasteiger partial charge in [-0.2, -0.15) is 0 Å². The number of amides is 1. The first-order valence-corrected chi connectivity index (χ1v) is 6.92. The van der Waals surface area contributed by atoms with Crippen LogP contribution in [0, 0.1) is 0 Å². The summed E-state index contributed by atoms with van der Waals surface area (Å²) >= 11 is 0. The molecule has 0 bridgehead atoms. The second kappa shape index (κ2) is 11.0. The Labute approximate surface area is 99.0 Å². The van der Waals surface area contributed by atoms with Gasteiger partial charge in [0.1, 0.15) is 0 Å². The van der Waals surface area contributed by atoms with E-state index < -0.39 is 8.80 Å². The van der Waals surface area contributed by atoms with Gasteiger partial charge < -0.3 is 23.9 Å². The van der Waals surface area contributed by atoms with Crippen LogP contribution in [-0.2, 0) is 18.1 Å². The zero-order valence-corrected chi connectivity index (χ0v) is 11.9. The van der Waals surface area contributed by atoms with Gasteiger partial charge in [0.25, 0.3) is 0 Å². The van der Waals surface area contributed by atoms with E-state index in [9.17, 15) is 4.79 Å². The molecule has 0 aromatic rings. The molecule has 16 heavy (non-hydrogen) atoms. The maximum Gasteiger partial charge on any atom is 0.500 e. The van der Waals surface area contributed by atoms with E-state index in [0.717, 1.165) is 18.9 Å². The fourth-order valence-electron chi connectivity index (χ4n) is 0.875. The normalized spacial score (nSPS) is 10.4. The lowest BCUT2D eigenvalue weighted by Gasteiger charge is -2.23. The van der Waals surface area contributed by atoms with Gasteiger partial charge in [-0.15, -0.1) is 0 Å². The zero-order valence-electron chi connectivity index (χ0n) is 10.9. The van der Waals surface area contributed by atoms with E-state index in [0.29, 0.717) is 6.54 Å². The molecule has 0 rings (SSSR count). The summed E-state index contributed by atoms with van der Waals surface area (Å²) in [7, 11) is 5.88. The Morgan fingerprint density at radius 3 is 1.75 bits per heavy atom. The maximum absolute atomic E-state index is 9.43. The molecule has 2 N–H and O–H groups in total. The van der Waals surface area contributed by atoms with Gasteiger partial charge in [0.15, 0.2) is 0 Å². The van der Waals surface area contributed by atoms with Crippen LogP contribution in [0.25, 0.3) is 0 Å². The van der Waals surface area contributed by atoms with Crippen LogP contribution in [0.3, 0.4) is 0 Å². The van der Waals surface area contributed by atoms with Gasteiger partial charge >= 0.3 is 8.80 Å². The van der Waals surface area contributed by atoms with E-state index in [1.54, 1.807) is 35.4 Å². The van der Waals surface area contributed by atoms with Gasteiger partial charge in [-0.1, -0.05) is 0 Å². The molecule has 0 saturated heterocycles. The van der Waals surface area contributed by atoms with Crippen molar-refractivity contribution in [1.82, 2.24) is 4.90 Å². The summed E-state index contributed by atoms with van der Waals surface area (Å²) in [6.07, 6.45) is 1.63. The van der Waals surface area contributed by atoms with Gasteiger partial charge in [-0.25, -0.2) is 0 Å². The van der Waals surface area contributed by atoms with E-state index in [1.807, 2.05) is 0 Å². The van der Waals surface area contributed by atoms with Crippen molar-refractivity contribution in [3.63, 3.8) is 0 Å². The lowest BCUT2D eigenvalue weighted by Crippen LogP contribution is -2.42. The first kappa shape index (κ1) is 17.9. The summed E-state index contributed by atoms with van der Waals surface area (Å²) in [5, 5.41) is 0. The topological polar surface area (TPSA) is 74.0 Å². The van der Waals surface area contributed by atoms with Crippen molar-refractivity contribution in [2.24, 2.45) is 5.73 Å². The average Bonchev–Trinajstić information content (AvgIpc) is 2.32. The SMILES string of the molecule is CN(C)C=O.CO[Si](CCCN)(OC)OC. The Morgan fingerprint density at radius 2 is 1.56 bits per heavy atom. The minimum absolute atomic E-state index is 0.644. The van der Waals surface area contributed by atoms with Gasteiger partial charge in [-0.05, 0) is 13.0 Å². The van der Waals surface area contributed by atoms with E-state index in [2.05, 4.69) is 0 Å². The summed E-state index contributed by atoms with van der Waals surface area (Å²) in [5.41, 5.74) is 5.36. The number of hydrogen-bond acceptors (Lipinski definition) is 5. The van der Waals surface area contributed by atoms with Crippen LogP contribution in [0.15, 0.2) is 0 Å². The lowest BCUT2D eigenvalue weighted by molar-refractivity contribution is -0.115. The number of carbonyl (C=O) groups excluding carboxylic acids is 1. The molecule has 0 unspecified atom stereocenters. The van der Waals surface area contributed by atoms with Gasteiger partial charge in [0, 0.05) is 41.5 Å². The Morgan fingerprint density at radius 1 is 1.19 bits per heavy atom. The Hall–Kier alpha value is -0.473. The highest BCUT2D eigenvalue weighted by Gasteiger charge is 2.36. The average molecular weight is 252 g/mol. The molecular weight excluding hydrogens is 228 g/mol. The van der Waals surface area contributed by atoms with Crippen molar-refractivity contribution < 1.29 is 18.1 Å². The molecule has 0 aromatic heterocycles. The van der Waals surface area contributed by atoms with Crippen LogP contribution >= 0.6 is 0 Å². The van der Waals surface area contributed by atoms with Crippen LogP contribution in [0.5, 0.6) is 0 Å². The Balaban J connectivity index is 0. The number of nitrogens with two attached hydrogens (primary N) is 1. The Kier molecular flexibility index (Phi) is 12.3. The maximum atomic E-state index is 9.43. The fourth-order valence-corrected chi connectivity index (χ4v) is 2.62. The summed E-state index contributed by atoms with van der Waals surface area (Å²) in [5.74, 6) is 0.